The zero-order valence-corrected chi connectivity index (χ0v) is 13.3. The number of aryl methyl sites for hydroxylation is 1. The normalized spacial score (nSPS) is 11.6. The van der Waals surface area contributed by atoms with Crippen LogP contribution in [-0.4, -0.2) is 19.6 Å². The molecule has 5 nitrogen and oxygen atoms in total. The summed E-state index contributed by atoms with van der Waals surface area (Å²) >= 11 is 0. The first-order valence-corrected chi connectivity index (χ1v) is 7.87. The predicted molar refractivity (Wildman–Crippen MR) is 92.7 cm³/mol. The molecule has 0 amide bonds. The molecule has 0 aliphatic heterocycles. The van der Waals surface area contributed by atoms with Crippen molar-refractivity contribution in [2.45, 2.75) is 6.92 Å². The van der Waals surface area contributed by atoms with E-state index in [1.54, 1.807) is 18.4 Å². The molecule has 3 heterocycles. The van der Waals surface area contributed by atoms with E-state index >= 15 is 0 Å². The summed E-state index contributed by atoms with van der Waals surface area (Å²) in [5.41, 5.74) is 5.40. The Kier molecular flexibility index (Phi) is 2.82. The lowest BCUT2D eigenvalue weighted by molar-refractivity contribution is 0.596. The summed E-state index contributed by atoms with van der Waals surface area (Å²) in [6.45, 7) is 1.99. The molecule has 0 spiro atoms. The number of hydrogen-bond acceptors (Lipinski definition) is 3. The van der Waals surface area contributed by atoms with Gasteiger partial charge < -0.3 is 4.42 Å². The quantitative estimate of drug-likeness (QED) is 0.514. The Hall–Kier alpha value is -3.41. The summed E-state index contributed by atoms with van der Waals surface area (Å²) in [5, 5.41) is 8.33. The van der Waals surface area contributed by atoms with E-state index in [1.165, 1.54) is 12.1 Å². The molecule has 0 radical (unpaired) electrons. The Morgan fingerprint density at radius 3 is 2.72 bits per heavy atom. The lowest BCUT2D eigenvalue weighted by atomic mass is 10.0. The average molecular weight is 332 g/mol. The number of oxazole rings is 1. The Balaban J connectivity index is 1.81. The third-order valence-corrected chi connectivity index (χ3v) is 4.40. The van der Waals surface area contributed by atoms with Crippen molar-refractivity contribution in [3.63, 3.8) is 0 Å². The van der Waals surface area contributed by atoms with Crippen LogP contribution in [0, 0.1) is 12.7 Å². The summed E-state index contributed by atoms with van der Waals surface area (Å²) in [6, 6.07) is 12.4. The summed E-state index contributed by atoms with van der Waals surface area (Å²) in [7, 11) is 0. The molecule has 0 fully saturated rings. The van der Waals surface area contributed by atoms with E-state index in [-0.39, 0.29) is 5.82 Å². The summed E-state index contributed by atoms with van der Waals surface area (Å²) < 4.78 is 20.7. The van der Waals surface area contributed by atoms with E-state index in [0.29, 0.717) is 5.84 Å². The smallest absolute Gasteiger partial charge is 0.306 e. The zero-order valence-electron chi connectivity index (χ0n) is 13.3. The molecule has 122 valence electrons. The van der Waals surface area contributed by atoms with Crippen LogP contribution >= 0.6 is 0 Å². The third-order valence-electron chi connectivity index (χ3n) is 4.40. The number of aromatic nitrogens is 4. The molecule has 1 N–H and O–H groups in total. The number of H-pyrrole nitrogens is 1. The fourth-order valence-electron chi connectivity index (χ4n) is 3.16. The number of benzene rings is 2. The maximum Gasteiger partial charge on any atom is 0.306 e. The molecular weight excluding hydrogens is 319 g/mol. The third kappa shape index (κ3) is 2.07. The molecular formula is C19H13FN4O. The van der Waals surface area contributed by atoms with Gasteiger partial charge in [0.15, 0.2) is 0 Å². The van der Waals surface area contributed by atoms with Crippen LogP contribution in [0.3, 0.4) is 0 Å². The fourth-order valence-corrected chi connectivity index (χ4v) is 3.16. The van der Waals surface area contributed by atoms with Crippen molar-refractivity contribution in [3.05, 3.63) is 66.4 Å². The largest absolute Gasteiger partial charge is 0.432 e. The molecule has 2 aromatic carbocycles. The van der Waals surface area contributed by atoms with Crippen molar-refractivity contribution in [3.8, 4) is 22.5 Å². The van der Waals surface area contributed by atoms with Gasteiger partial charge in [-0.3, -0.25) is 9.50 Å². The molecule has 0 saturated heterocycles. The molecule has 0 unspecified atom stereocenters. The minimum Gasteiger partial charge on any atom is -0.432 e. The SMILES string of the molecule is Cc1[nH]nc2ccc(-c3c(-c4ccc(F)cc4)nc4occn34)cc12. The molecule has 25 heavy (non-hydrogen) atoms. The van der Waals surface area contributed by atoms with Gasteiger partial charge in [0, 0.05) is 28.4 Å². The van der Waals surface area contributed by atoms with Crippen molar-refractivity contribution in [1.29, 1.82) is 0 Å². The minimum atomic E-state index is -0.274. The monoisotopic (exact) mass is 332 g/mol. The highest BCUT2D eigenvalue weighted by molar-refractivity contribution is 5.89. The van der Waals surface area contributed by atoms with Crippen LogP contribution in [0.5, 0.6) is 0 Å². The lowest BCUT2D eigenvalue weighted by Gasteiger charge is -2.05. The Morgan fingerprint density at radius 2 is 1.88 bits per heavy atom. The van der Waals surface area contributed by atoms with Gasteiger partial charge in [-0.15, -0.1) is 0 Å². The number of imidazole rings is 1. The van der Waals surface area contributed by atoms with Crippen molar-refractivity contribution >= 4 is 16.7 Å². The molecule has 5 aromatic rings. The molecule has 0 aliphatic rings. The maximum atomic E-state index is 13.3. The minimum absolute atomic E-state index is 0.274. The first-order valence-electron chi connectivity index (χ1n) is 7.87. The summed E-state index contributed by atoms with van der Waals surface area (Å²) in [5.74, 6) is 0.224. The number of rotatable bonds is 2. The number of hydrogen-bond donors (Lipinski definition) is 1. The molecule has 6 heteroatoms. The van der Waals surface area contributed by atoms with E-state index in [4.69, 9.17) is 4.42 Å². The highest BCUT2D eigenvalue weighted by Crippen LogP contribution is 2.34. The number of nitrogens with one attached hydrogen (secondary N) is 1. The molecule has 5 rings (SSSR count). The zero-order chi connectivity index (χ0) is 17.0. The van der Waals surface area contributed by atoms with Crippen LogP contribution in [0.15, 0.2) is 59.3 Å². The van der Waals surface area contributed by atoms with E-state index in [0.717, 1.165) is 39.1 Å². The van der Waals surface area contributed by atoms with Gasteiger partial charge in [-0.1, -0.05) is 6.07 Å². The number of fused-ring (bicyclic) bond motifs is 2. The van der Waals surface area contributed by atoms with Gasteiger partial charge >= 0.3 is 5.84 Å². The Morgan fingerprint density at radius 1 is 1.08 bits per heavy atom. The van der Waals surface area contributed by atoms with Gasteiger partial charge in [0.1, 0.15) is 17.8 Å². The van der Waals surface area contributed by atoms with Gasteiger partial charge in [-0.05, 0) is 43.3 Å². The standard InChI is InChI=1S/C19H13FN4O/c1-11-15-10-13(4-7-16(15)23-22-11)18-17(12-2-5-14(20)6-3-12)21-19-24(18)8-9-25-19/h2-10H,1H3,(H,22,23). The van der Waals surface area contributed by atoms with E-state index < -0.39 is 0 Å². The summed E-state index contributed by atoms with van der Waals surface area (Å²) in [6.07, 6.45) is 3.43. The number of nitrogens with zero attached hydrogens (tertiary/aromatic N) is 3. The average Bonchev–Trinajstić information content (AvgIpc) is 3.30. The highest BCUT2D eigenvalue weighted by Gasteiger charge is 2.18. The Labute approximate surface area is 141 Å². The lowest BCUT2D eigenvalue weighted by Crippen LogP contribution is -1.88. The van der Waals surface area contributed by atoms with Crippen molar-refractivity contribution in [2.75, 3.05) is 0 Å². The van der Waals surface area contributed by atoms with Crippen LogP contribution in [0.2, 0.25) is 0 Å². The van der Waals surface area contributed by atoms with Gasteiger partial charge in [-0.2, -0.15) is 10.1 Å². The molecule has 0 bridgehead atoms. The van der Waals surface area contributed by atoms with E-state index in [2.05, 4.69) is 21.2 Å². The topological polar surface area (TPSA) is 59.1 Å². The van der Waals surface area contributed by atoms with Gasteiger partial charge in [0.25, 0.3) is 0 Å². The van der Waals surface area contributed by atoms with Crippen molar-refractivity contribution in [2.24, 2.45) is 0 Å². The van der Waals surface area contributed by atoms with Gasteiger partial charge in [0.2, 0.25) is 0 Å². The molecule has 0 saturated carbocycles. The molecule has 3 aromatic heterocycles. The van der Waals surface area contributed by atoms with Gasteiger partial charge in [-0.25, -0.2) is 4.39 Å². The number of halogens is 1. The second-order valence-corrected chi connectivity index (χ2v) is 5.95. The van der Waals surface area contributed by atoms with Crippen LogP contribution < -0.4 is 0 Å². The second kappa shape index (κ2) is 5.04. The van der Waals surface area contributed by atoms with Crippen molar-refractivity contribution in [1.82, 2.24) is 19.6 Å². The van der Waals surface area contributed by atoms with Crippen LogP contribution in [0.1, 0.15) is 5.69 Å². The first kappa shape index (κ1) is 14.0. The highest BCUT2D eigenvalue weighted by atomic mass is 19.1. The maximum absolute atomic E-state index is 13.3. The number of aromatic amines is 1. The first-order chi connectivity index (χ1) is 12.2. The van der Waals surface area contributed by atoms with Crippen LogP contribution in [0.25, 0.3) is 39.3 Å². The fraction of sp³-hybridized carbons (Fsp3) is 0.0526. The second-order valence-electron chi connectivity index (χ2n) is 5.95. The van der Waals surface area contributed by atoms with E-state index in [9.17, 15) is 4.39 Å². The van der Waals surface area contributed by atoms with Gasteiger partial charge in [0.05, 0.1) is 11.2 Å². The van der Waals surface area contributed by atoms with Crippen molar-refractivity contribution < 1.29 is 8.81 Å². The van der Waals surface area contributed by atoms with Crippen LogP contribution in [-0.2, 0) is 0 Å². The van der Waals surface area contributed by atoms with E-state index in [1.807, 2.05) is 29.7 Å². The Bertz CT molecular complexity index is 1210. The molecule has 0 atom stereocenters. The predicted octanol–water partition coefficient (Wildman–Crippen LogP) is 4.59. The molecule has 0 aliphatic carbocycles. The van der Waals surface area contributed by atoms with Crippen LogP contribution in [0.4, 0.5) is 4.39 Å². The summed E-state index contributed by atoms with van der Waals surface area (Å²) in [4.78, 5) is 4.59.